The Bertz CT molecular complexity index is 596. The zero-order chi connectivity index (χ0) is 15.8. The van der Waals surface area contributed by atoms with Crippen LogP contribution in [0.25, 0.3) is 0 Å². The molecule has 3 nitrogen and oxygen atoms in total. The Morgan fingerprint density at radius 2 is 1.91 bits per heavy atom. The molecule has 0 fully saturated rings. The Labute approximate surface area is 132 Å². The summed E-state index contributed by atoms with van der Waals surface area (Å²) in [6, 6.07) is 16.7. The smallest absolute Gasteiger partial charge is 0.161 e. The van der Waals surface area contributed by atoms with E-state index in [0.29, 0.717) is 12.6 Å². The van der Waals surface area contributed by atoms with E-state index < -0.39 is 0 Å². The Hall–Kier alpha value is -2.26. The SMILES string of the molecule is C=CCOc1ccc(CN[C@@H](C)c2ccccc2)cc1OC. The first kappa shape index (κ1) is 16.1. The summed E-state index contributed by atoms with van der Waals surface area (Å²) in [4.78, 5) is 0. The molecule has 2 aromatic carbocycles. The standard InChI is InChI=1S/C19H23NO2/c1-4-12-22-18-11-10-16(13-19(18)21-3)14-20-15(2)17-8-6-5-7-9-17/h4-11,13,15,20H,1,12,14H2,2-3H3/t15-/m0/s1. The lowest BCUT2D eigenvalue weighted by atomic mass is 10.1. The lowest BCUT2D eigenvalue weighted by Crippen LogP contribution is -2.18. The molecule has 22 heavy (non-hydrogen) atoms. The molecule has 0 amide bonds. The molecule has 0 aliphatic rings. The molecule has 0 saturated heterocycles. The molecule has 1 N–H and O–H groups in total. The van der Waals surface area contributed by atoms with Gasteiger partial charge in [-0.25, -0.2) is 0 Å². The lowest BCUT2D eigenvalue weighted by molar-refractivity contribution is 0.326. The van der Waals surface area contributed by atoms with Crippen LogP contribution >= 0.6 is 0 Å². The molecule has 0 heterocycles. The second-order valence-electron chi connectivity index (χ2n) is 5.10. The highest BCUT2D eigenvalue weighted by Gasteiger charge is 2.07. The zero-order valence-electron chi connectivity index (χ0n) is 13.2. The molecule has 2 rings (SSSR count). The normalized spacial score (nSPS) is 11.7. The van der Waals surface area contributed by atoms with Crippen molar-refractivity contribution in [2.24, 2.45) is 0 Å². The van der Waals surface area contributed by atoms with E-state index in [1.807, 2.05) is 24.3 Å². The topological polar surface area (TPSA) is 30.5 Å². The number of methoxy groups -OCH3 is 1. The highest BCUT2D eigenvalue weighted by atomic mass is 16.5. The minimum absolute atomic E-state index is 0.295. The largest absolute Gasteiger partial charge is 0.493 e. The predicted molar refractivity (Wildman–Crippen MR) is 90.4 cm³/mol. The number of nitrogens with one attached hydrogen (secondary N) is 1. The van der Waals surface area contributed by atoms with E-state index in [1.54, 1.807) is 13.2 Å². The average molecular weight is 297 g/mol. The van der Waals surface area contributed by atoms with Crippen molar-refractivity contribution in [3.63, 3.8) is 0 Å². The molecule has 116 valence electrons. The first-order valence-electron chi connectivity index (χ1n) is 7.43. The van der Waals surface area contributed by atoms with Crippen LogP contribution in [0.2, 0.25) is 0 Å². The quantitative estimate of drug-likeness (QED) is 0.744. The van der Waals surface area contributed by atoms with Gasteiger partial charge in [0, 0.05) is 12.6 Å². The summed E-state index contributed by atoms with van der Waals surface area (Å²) in [6.07, 6.45) is 1.72. The number of benzene rings is 2. The molecule has 0 aromatic heterocycles. The Morgan fingerprint density at radius 1 is 1.14 bits per heavy atom. The molecule has 0 unspecified atom stereocenters. The predicted octanol–water partition coefficient (Wildman–Crippen LogP) is 4.11. The van der Waals surface area contributed by atoms with Crippen LogP contribution in [0.5, 0.6) is 11.5 Å². The third kappa shape index (κ3) is 4.37. The van der Waals surface area contributed by atoms with Gasteiger partial charge in [0.15, 0.2) is 11.5 Å². The molecule has 2 aromatic rings. The monoisotopic (exact) mass is 297 g/mol. The van der Waals surface area contributed by atoms with Gasteiger partial charge in [0.2, 0.25) is 0 Å². The third-order valence-corrected chi connectivity index (χ3v) is 3.50. The van der Waals surface area contributed by atoms with Gasteiger partial charge in [-0.3, -0.25) is 0 Å². The van der Waals surface area contributed by atoms with Gasteiger partial charge >= 0.3 is 0 Å². The summed E-state index contributed by atoms with van der Waals surface area (Å²) < 4.78 is 11.0. The van der Waals surface area contributed by atoms with Gasteiger partial charge in [-0.1, -0.05) is 49.1 Å². The number of ether oxygens (including phenoxy) is 2. The van der Waals surface area contributed by atoms with E-state index in [-0.39, 0.29) is 0 Å². The summed E-state index contributed by atoms with van der Waals surface area (Å²) >= 11 is 0. The third-order valence-electron chi connectivity index (χ3n) is 3.50. The molecule has 0 spiro atoms. The van der Waals surface area contributed by atoms with E-state index in [2.05, 4.69) is 43.1 Å². The van der Waals surface area contributed by atoms with E-state index in [1.165, 1.54) is 5.56 Å². The first-order chi connectivity index (χ1) is 10.7. The summed E-state index contributed by atoms with van der Waals surface area (Å²) in [5.74, 6) is 1.48. The zero-order valence-corrected chi connectivity index (χ0v) is 13.2. The molecule has 0 saturated carbocycles. The van der Waals surface area contributed by atoms with Crippen molar-refractivity contribution in [1.29, 1.82) is 0 Å². The maximum absolute atomic E-state index is 5.56. The fourth-order valence-electron chi connectivity index (χ4n) is 2.22. The van der Waals surface area contributed by atoms with Crippen molar-refractivity contribution < 1.29 is 9.47 Å². The minimum atomic E-state index is 0.295. The van der Waals surface area contributed by atoms with E-state index in [0.717, 1.165) is 23.6 Å². The molecule has 3 heteroatoms. The molecular formula is C19H23NO2. The molecular weight excluding hydrogens is 274 g/mol. The van der Waals surface area contributed by atoms with Crippen LogP contribution in [-0.2, 0) is 6.54 Å². The van der Waals surface area contributed by atoms with Crippen LogP contribution < -0.4 is 14.8 Å². The summed E-state index contributed by atoms with van der Waals surface area (Å²) in [5.41, 5.74) is 2.44. The van der Waals surface area contributed by atoms with Crippen molar-refractivity contribution >= 4 is 0 Å². The van der Waals surface area contributed by atoms with Crippen molar-refractivity contribution in [3.05, 3.63) is 72.3 Å². The van der Waals surface area contributed by atoms with Crippen molar-refractivity contribution in [2.75, 3.05) is 13.7 Å². The Morgan fingerprint density at radius 3 is 2.59 bits per heavy atom. The van der Waals surface area contributed by atoms with Crippen LogP contribution in [-0.4, -0.2) is 13.7 Å². The van der Waals surface area contributed by atoms with Crippen LogP contribution in [0.1, 0.15) is 24.1 Å². The van der Waals surface area contributed by atoms with Gasteiger partial charge in [-0.05, 0) is 30.2 Å². The Balaban J connectivity index is 1.99. The lowest BCUT2D eigenvalue weighted by Gasteiger charge is -2.15. The van der Waals surface area contributed by atoms with Crippen molar-refractivity contribution in [1.82, 2.24) is 5.32 Å². The summed E-state index contributed by atoms with van der Waals surface area (Å²) in [7, 11) is 1.65. The Kier molecular flexibility index (Phi) is 6.04. The fraction of sp³-hybridized carbons (Fsp3) is 0.263. The van der Waals surface area contributed by atoms with Crippen molar-refractivity contribution in [2.45, 2.75) is 19.5 Å². The maximum atomic E-state index is 5.56. The molecule has 1 atom stereocenters. The highest BCUT2D eigenvalue weighted by molar-refractivity contribution is 5.43. The van der Waals surface area contributed by atoms with Gasteiger partial charge in [-0.15, -0.1) is 0 Å². The summed E-state index contributed by atoms with van der Waals surface area (Å²) in [6.45, 7) is 7.05. The van der Waals surface area contributed by atoms with Crippen molar-refractivity contribution in [3.8, 4) is 11.5 Å². The van der Waals surface area contributed by atoms with Gasteiger partial charge in [0.1, 0.15) is 6.61 Å². The number of rotatable bonds is 8. The summed E-state index contributed by atoms with van der Waals surface area (Å²) in [5, 5.41) is 3.52. The van der Waals surface area contributed by atoms with Crippen LogP contribution in [0.15, 0.2) is 61.2 Å². The fourth-order valence-corrected chi connectivity index (χ4v) is 2.22. The van der Waals surface area contributed by atoms with E-state index >= 15 is 0 Å². The first-order valence-corrected chi connectivity index (χ1v) is 7.43. The molecule has 0 bridgehead atoms. The second kappa shape index (κ2) is 8.25. The highest BCUT2D eigenvalue weighted by Crippen LogP contribution is 2.28. The van der Waals surface area contributed by atoms with Gasteiger partial charge in [-0.2, -0.15) is 0 Å². The van der Waals surface area contributed by atoms with Gasteiger partial charge in [0.25, 0.3) is 0 Å². The molecule has 0 aliphatic heterocycles. The minimum Gasteiger partial charge on any atom is -0.493 e. The van der Waals surface area contributed by atoms with E-state index in [9.17, 15) is 0 Å². The maximum Gasteiger partial charge on any atom is 0.161 e. The van der Waals surface area contributed by atoms with Crippen LogP contribution in [0.3, 0.4) is 0 Å². The van der Waals surface area contributed by atoms with E-state index in [4.69, 9.17) is 9.47 Å². The number of hydrogen-bond donors (Lipinski definition) is 1. The molecule has 0 aliphatic carbocycles. The number of hydrogen-bond acceptors (Lipinski definition) is 3. The van der Waals surface area contributed by atoms with Gasteiger partial charge in [0.05, 0.1) is 7.11 Å². The molecule has 0 radical (unpaired) electrons. The average Bonchev–Trinajstić information content (AvgIpc) is 2.58. The van der Waals surface area contributed by atoms with Crippen LogP contribution in [0.4, 0.5) is 0 Å². The van der Waals surface area contributed by atoms with Crippen LogP contribution in [0, 0.1) is 0 Å². The second-order valence-corrected chi connectivity index (χ2v) is 5.10. The van der Waals surface area contributed by atoms with Gasteiger partial charge < -0.3 is 14.8 Å².